The molecule has 0 aromatic carbocycles. The van der Waals surface area contributed by atoms with Crippen LogP contribution in [-0.4, -0.2) is 34.1 Å². The van der Waals surface area contributed by atoms with Crippen molar-refractivity contribution in [1.82, 2.24) is 0 Å². The van der Waals surface area contributed by atoms with Crippen LogP contribution in [0.3, 0.4) is 0 Å². The van der Waals surface area contributed by atoms with Gasteiger partial charge >= 0.3 is 0 Å². The van der Waals surface area contributed by atoms with Gasteiger partial charge in [0, 0.05) is 19.2 Å². The van der Waals surface area contributed by atoms with Crippen LogP contribution in [0.25, 0.3) is 10.3 Å². The summed E-state index contributed by atoms with van der Waals surface area (Å²) in [6, 6.07) is 1.53. The first-order chi connectivity index (χ1) is 8.25. The van der Waals surface area contributed by atoms with Gasteiger partial charge in [0.1, 0.15) is 18.1 Å². The Bertz CT molecular complexity index is 600. The molecule has 0 bridgehead atoms. The second-order valence-electron chi connectivity index (χ2n) is 3.90. The molecule has 1 aliphatic rings. The number of morpholine rings is 1. The summed E-state index contributed by atoms with van der Waals surface area (Å²) in [4.78, 5) is 13.9. The first-order valence-corrected chi connectivity index (χ1v) is 6.27. The van der Waals surface area contributed by atoms with Crippen LogP contribution >= 0.6 is 11.3 Å². The summed E-state index contributed by atoms with van der Waals surface area (Å²) >= 11 is 1.32. The van der Waals surface area contributed by atoms with E-state index >= 15 is 0 Å². The van der Waals surface area contributed by atoms with Crippen LogP contribution in [0.15, 0.2) is 20.7 Å². The van der Waals surface area contributed by atoms with Gasteiger partial charge in [0.05, 0.1) is 13.2 Å². The van der Waals surface area contributed by atoms with Crippen molar-refractivity contribution >= 4 is 40.8 Å². The number of fused-ring (bicyclic) bond motifs is 1. The molecule has 2 radical (unpaired) electrons. The number of anilines is 1. The molecule has 3 heterocycles. The number of thiophene rings is 1. The lowest BCUT2D eigenvalue weighted by Crippen LogP contribution is -2.36. The smallest absolute Gasteiger partial charge is 0.204 e. The minimum Gasteiger partial charge on any atom is -0.440 e. The molecule has 0 N–H and O–H groups in total. The zero-order chi connectivity index (χ0) is 11.8. The Morgan fingerprint density at radius 1 is 1.35 bits per heavy atom. The predicted molar refractivity (Wildman–Crippen MR) is 68.8 cm³/mol. The zero-order valence-corrected chi connectivity index (χ0v) is 9.96. The number of ether oxygens (including phenoxy) is 1. The molecule has 0 atom stereocenters. The summed E-state index contributed by atoms with van der Waals surface area (Å²) in [6.07, 6.45) is 0. The molecule has 2 aromatic heterocycles. The normalized spacial score (nSPS) is 16.6. The maximum absolute atomic E-state index is 11.9. The Hall–Kier alpha value is -1.27. The highest BCUT2D eigenvalue weighted by molar-refractivity contribution is 7.18. The van der Waals surface area contributed by atoms with E-state index in [9.17, 15) is 4.79 Å². The Kier molecular flexibility index (Phi) is 2.68. The van der Waals surface area contributed by atoms with Crippen LogP contribution in [0.2, 0.25) is 0 Å². The van der Waals surface area contributed by atoms with Gasteiger partial charge in [-0.15, -0.1) is 11.3 Å². The molecular formula is C11H10BNO3S. The fourth-order valence-electron chi connectivity index (χ4n) is 1.89. The molecule has 2 aromatic rings. The number of hydrogen-bond acceptors (Lipinski definition) is 5. The van der Waals surface area contributed by atoms with Crippen molar-refractivity contribution in [2.24, 2.45) is 0 Å². The molecule has 0 amide bonds. The third-order valence-corrected chi connectivity index (χ3v) is 3.77. The van der Waals surface area contributed by atoms with Gasteiger partial charge < -0.3 is 14.1 Å². The molecule has 4 nitrogen and oxygen atoms in total. The van der Waals surface area contributed by atoms with Crippen molar-refractivity contribution in [3.05, 3.63) is 21.7 Å². The van der Waals surface area contributed by atoms with Gasteiger partial charge in [0.15, 0.2) is 5.88 Å². The highest BCUT2D eigenvalue weighted by Crippen LogP contribution is 2.21. The third kappa shape index (κ3) is 1.87. The lowest BCUT2D eigenvalue weighted by molar-refractivity contribution is 0.121. The van der Waals surface area contributed by atoms with Gasteiger partial charge in [-0.25, -0.2) is 0 Å². The van der Waals surface area contributed by atoms with Gasteiger partial charge in [0.25, 0.3) is 0 Å². The molecular weight excluding hydrogens is 237 g/mol. The van der Waals surface area contributed by atoms with Crippen LogP contribution in [0.4, 0.5) is 5.88 Å². The monoisotopic (exact) mass is 247 g/mol. The summed E-state index contributed by atoms with van der Waals surface area (Å²) in [7, 11) is 5.78. The van der Waals surface area contributed by atoms with Gasteiger partial charge in [0.2, 0.25) is 5.43 Å². The Balaban J connectivity index is 2.10. The summed E-state index contributed by atoms with van der Waals surface area (Å²) in [5, 5.41) is 1.73. The minimum atomic E-state index is -0.0329. The Labute approximate surface area is 103 Å². The highest BCUT2D eigenvalue weighted by Gasteiger charge is 2.16. The van der Waals surface area contributed by atoms with Crippen molar-refractivity contribution in [1.29, 1.82) is 0 Å². The van der Waals surface area contributed by atoms with Gasteiger partial charge in [-0.05, 0) is 10.8 Å². The van der Waals surface area contributed by atoms with E-state index in [1.165, 1.54) is 17.4 Å². The highest BCUT2D eigenvalue weighted by atomic mass is 32.1. The Morgan fingerprint density at radius 3 is 2.88 bits per heavy atom. The minimum absolute atomic E-state index is 0.0329. The largest absolute Gasteiger partial charge is 0.440 e. The van der Waals surface area contributed by atoms with Gasteiger partial charge in [-0.1, -0.05) is 0 Å². The van der Waals surface area contributed by atoms with Crippen molar-refractivity contribution in [3.8, 4) is 0 Å². The zero-order valence-electron chi connectivity index (χ0n) is 9.14. The average molecular weight is 247 g/mol. The Morgan fingerprint density at radius 2 is 2.12 bits per heavy atom. The molecule has 0 unspecified atom stereocenters. The van der Waals surface area contributed by atoms with E-state index in [2.05, 4.69) is 0 Å². The van der Waals surface area contributed by atoms with Crippen molar-refractivity contribution in [2.75, 3.05) is 31.2 Å². The molecule has 0 saturated carbocycles. The molecule has 3 rings (SSSR count). The fourth-order valence-corrected chi connectivity index (χ4v) is 2.68. The number of rotatable bonds is 1. The van der Waals surface area contributed by atoms with Crippen LogP contribution < -0.4 is 15.8 Å². The standard InChI is InChI=1S/C11H10BNO3S/c12-7-6-17-11-8(14)5-9(16-10(7)11)13-1-3-15-4-2-13/h5-6H,1-4H2. The molecule has 0 aliphatic carbocycles. The maximum Gasteiger partial charge on any atom is 0.204 e. The van der Waals surface area contributed by atoms with Crippen LogP contribution in [0.1, 0.15) is 0 Å². The van der Waals surface area contributed by atoms with Crippen LogP contribution in [0.5, 0.6) is 0 Å². The summed E-state index contributed by atoms with van der Waals surface area (Å²) in [5.74, 6) is 0.580. The van der Waals surface area contributed by atoms with Crippen molar-refractivity contribution < 1.29 is 9.15 Å². The van der Waals surface area contributed by atoms with E-state index in [-0.39, 0.29) is 5.43 Å². The van der Waals surface area contributed by atoms with Crippen molar-refractivity contribution in [2.45, 2.75) is 0 Å². The molecule has 0 spiro atoms. The van der Waals surface area contributed by atoms with Crippen molar-refractivity contribution in [3.63, 3.8) is 0 Å². The lowest BCUT2D eigenvalue weighted by atomic mass is 10.00. The third-order valence-electron chi connectivity index (χ3n) is 2.78. The van der Waals surface area contributed by atoms with E-state index < -0.39 is 0 Å². The first-order valence-electron chi connectivity index (χ1n) is 5.39. The molecule has 17 heavy (non-hydrogen) atoms. The van der Waals surface area contributed by atoms with E-state index in [0.717, 1.165) is 13.1 Å². The van der Waals surface area contributed by atoms with E-state index in [1.54, 1.807) is 5.38 Å². The molecule has 1 saturated heterocycles. The maximum atomic E-state index is 11.9. The average Bonchev–Trinajstić information content (AvgIpc) is 2.73. The van der Waals surface area contributed by atoms with Gasteiger partial charge in [-0.3, -0.25) is 4.79 Å². The van der Waals surface area contributed by atoms with E-state index in [0.29, 0.717) is 34.8 Å². The molecule has 1 aliphatic heterocycles. The molecule has 1 fully saturated rings. The first kappa shape index (κ1) is 10.9. The number of hydrogen-bond donors (Lipinski definition) is 0. The predicted octanol–water partition coefficient (Wildman–Crippen LogP) is 0.485. The van der Waals surface area contributed by atoms with Crippen LogP contribution in [-0.2, 0) is 4.74 Å². The quantitative estimate of drug-likeness (QED) is 0.687. The SMILES string of the molecule is [B]c1csc2c(=O)cc(N3CCOCC3)oc12. The van der Waals surface area contributed by atoms with Gasteiger partial charge in [-0.2, -0.15) is 0 Å². The molecule has 86 valence electrons. The van der Waals surface area contributed by atoms with E-state index in [1.807, 2.05) is 4.90 Å². The number of nitrogens with zero attached hydrogens (tertiary/aromatic N) is 1. The second-order valence-corrected chi connectivity index (χ2v) is 4.78. The molecule has 6 heteroatoms. The topological polar surface area (TPSA) is 42.7 Å². The summed E-state index contributed by atoms with van der Waals surface area (Å²) in [5.41, 5.74) is 0.996. The van der Waals surface area contributed by atoms with Crippen LogP contribution in [0, 0.1) is 0 Å². The summed E-state index contributed by atoms with van der Waals surface area (Å²) in [6.45, 7) is 2.78. The lowest BCUT2D eigenvalue weighted by Gasteiger charge is -2.27. The van der Waals surface area contributed by atoms with E-state index in [4.69, 9.17) is 17.0 Å². The fraction of sp³-hybridized carbons (Fsp3) is 0.364. The summed E-state index contributed by atoms with van der Waals surface area (Å²) < 4.78 is 11.6. The second kappa shape index (κ2) is 4.20.